The van der Waals surface area contributed by atoms with Gasteiger partial charge in [0, 0.05) is 4.91 Å². The number of nitrogens with zero attached hydrogens (tertiary/aromatic N) is 1. The summed E-state index contributed by atoms with van der Waals surface area (Å²) in [5, 5.41) is 0. The van der Waals surface area contributed by atoms with Crippen LogP contribution in [0.1, 0.15) is 52.0 Å². The predicted molar refractivity (Wildman–Crippen MR) is 123 cm³/mol. The van der Waals surface area contributed by atoms with Gasteiger partial charge in [-0.3, -0.25) is 4.99 Å². The molecule has 4 heteroatoms. The summed E-state index contributed by atoms with van der Waals surface area (Å²) >= 11 is 1.74. The summed E-state index contributed by atoms with van der Waals surface area (Å²) in [6.45, 7) is 7.14. The van der Waals surface area contributed by atoms with E-state index in [-0.39, 0.29) is 0 Å². The number of thioether (sulfide) groups is 1. The number of amidine groups is 1. The lowest BCUT2D eigenvalue weighted by Crippen LogP contribution is -2.11. The van der Waals surface area contributed by atoms with Gasteiger partial charge in [0.25, 0.3) is 0 Å². The van der Waals surface area contributed by atoms with Crippen molar-refractivity contribution in [2.24, 2.45) is 16.6 Å². The molecule has 0 fully saturated rings. The molecular weight excluding hydrogens is 364 g/mol. The van der Waals surface area contributed by atoms with Gasteiger partial charge in [-0.1, -0.05) is 62.2 Å². The average Bonchev–Trinajstić information content (AvgIpc) is 2.70. The van der Waals surface area contributed by atoms with Gasteiger partial charge >= 0.3 is 0 Å². The maximum atomic E-state index is 6.22. The number of aliphatic imine (C=N–C) groups is 1. The molecule has 1 aliphatic rings. The quantitative estimate of drug-likeness (QED) is 0.354. The van der Waals surface area contributed by atoms with Gasteiger partial charge in [-0.05, 0) is 56.2 Å². The van der Waals surface area contributed by atoms with Crippen molar-refractivity contribution in [1.82, 2.24) is 0 Å². The van der Waals surface area contributed by atoms with Crippen molar-refractivity contribution in [3.8, 4) is 0 Å². The van der Waals surface area contributed by atoms with E-state index >= 15 is 0 Å². The number of allylic oxidation sites excluding steroid dienone is 4. The van der Waals surface area contributed by atoms with Crippen molar-refractivity contribution in [3.05, 3.63) is 70.4 Å². The normalized spacial score (nSPS) is 17.9. The van der Waals surface area contributed by atoms with Crippen molar-refractivity contribution in [3.63, 3.8) is 0 Å². The fraction of sp³-hybridized carbons (Fsp3) is 0.458. The van der Waals surface area contributed by atoms with Gasteiger partial charge in [0.15, 0.2) is 0 Å². The molecule has 0 saturated carbocycles. The first-order valence-electron chi connectivity index (χ1n) is 10.4. The molecule has 0 aromatic heterocycles. The van der Waals surface area contributed by atoms with E-state index in [1.54, 1.807) is 11.8 Å². The Morgan fingerprint density at radius 1 is 1.25 bits per heavy atom. The molecule has 0 saturated heterocycles. The maximum absolute atomic E-state index is 6.22. The van der Waals surface area contributed by atoms with Gasteiger partial charge in [0.05, 0.1) is 12.5 Å². The minimum atomic E-state index is 0.593. The summed E-state index contributed by atoms with van der Waals surface area (Å²) < 4.78 is 5.79. The molecule has 0 amide bonds. The average molecular weight is 399 g/mol. The van der Waals surface area contributed by atoms with Crippen molar-refractivity contribution in [2.45, 2.75) is 52.9 Å². The van der Waals surface area contributed by atoms with Gasteiger partial charge in [-0.15, -0.1) is 11.8 Å². The summed E-state index contributed by atoms with van der Waals surface area (Å²) in [4.78, 5) is 5.88. The number of benzene rings is 1. The van der Waals surface area contributed by atoms with E-state index in [4.69, 9.17) is 10.5 Å². The minimum absolute atomic E-state index is 0.593. The van der Waals surface area contributed by atoms with Crippen molar-refractivity contribution in [1.29, 1.82) is 0 Å². The van der Waals surface area contributed by atoms with Crippen LogP contribution in [-0.2, 0) is 11.2 Å². The lowest BCUT2D eigenvalue weighted by Gasteiger charge is -2.20. The third-order valence-electron chi connectivity index (χ3n) is 4.75. The maximum Gasteiger partial charge on any atom is 0.128 e. The molecule has 3 nitrogen and oxygen atoms in total. The second-order valence-electron chi connectivity index (χ2n) is 7.02. The highest BCUT2D eigenvalue weighted by Crippen LogP contribution is 2.34. The first kappa shape index (κ1) is 22.4. The first-order chi connectivity index (χ1) is 13.7. The van der Waals surface area contributed by atoms with Crippen LogP contribution in [0.4, 0.5) is 0 Å². The smallest absolute Gasteiger partial charge is 0.128 e. The SMILES string of the molecule is CCC/C(=C\C(N)=NCSC1=C(OCC)C=CC(CC)C1)Cc1ccccc1. The fourth-order valence-electron chi connectivity index (χ4n) is 3.25. The molecule has 2 N–H and O–H groups in total. The van der Waals surface area contributed by atoms with Crippen LogP contribution in [0.5, 0.6) is 0 Å². The highest BCUT2D eigenvalue weighted by Gasteiger charge is 2.16. The third kappa shape index (κ3) is 7.59. The molecule has 1 aromatic carbocycles. The van der Waals surface area contributed by atoms with Crippen molar-refractivity contribution in [2.75, 3.05) is 12.5 Å². The Morgan fingerprint density at radius 2 is 2.04 bits per heavy atom. The highest BCUT2D eigenvalue weighted by molar-refractivity contribution is 8.03. The summed E-state index contributed by atoms with van der Waals surface area (Å²) in [5.41, 5.74) is 8.87. The van der Waals surface area contributed by atoms with E-state index in [0.717, 1.165) is 37.9 Å². The topological polar surface area (TPSA) is 47.6 Å². The largest absolute Gasteiger partial charge is 0.493 e. The predicted octanol–water partition coefficient (Wildman–Crippen LogP) is 6.24. The fourth-order valence-corrected chi connectivity index (χ4v) is 4.22. The van der Waals surface area contributed by atoms with E-state index < -0.39 is 0 Å². The molecule has 1 aromatic rings. The summed E-state index contributed by atoms with van der Waals surface area (Å²) in [7, 11) is 0. The second kappa shape index (κ2) is 12.5. The van der Waals surface area contributed by atoms with Crippen LogP contribution in [-0.4, -0.2) is 18.3 Å². The molecule has 0 radical (unpaired) electrons. The molecular formula is C24H34N2OS. The monoisotopic (exact) mass is 398 g/mol. The van der Waals surface area contributed by atoms with Gasteiger partial charge < -0.3 is 10.5 Å². The third-order valence-corrected chi connectivity index (χ3v) is 5.72. The van der Waals surface area contributed by atoms with Crippen LogP contribution >= 0.6 is 11.8 Å². The molecule has 2 rings (SSSR count). The lowest BCUT2D eigenvalue weighted by molar-refractivity contribution is 0.237. The Kier molecular flexibility index (Phi) is 9.98. The van der Waals surface area contributed by atoms with Crippen molar-refractivity contribution < 1.29 is 4.74 Å². The lowest BCUT2D eigenvalue weighted by atomic mass is 9.97. The zero-order chi connectivity index (χ0) is 20.2. The van der Waals surface area contributed by atoms with E-state index in [2.05, 4.69) is 67.4 Å². The molecule has 152 valence electrons. The Labute approximate surface area is 174 Å². The van der Waals surface area contributed by atoms with E-state index in [1.807, 2.05) is 6.92 Å². The van der Waals surface area contributed by atoms with Gasteiger partial charge in [0.2, 0.25) is 0 Å². The highest BCUT2D eigenvalue weighted by atomic mass is 32.2. The number of ether oxygens (including phenoxy) is 1. The number of nitrogens with two attached hydrogens (primary N) is 1. The molecule has 0 heterocycles. The number of hydrogen-bond acceptors (Lipinski definition) is 3. The standard InChI is InChI=1S/C24H34N2OS/c1-4-10-21(15-20-11-8-7-9-12-20)17-24(25)26-18-28-23-16-19(5-2)13-14-22(23)27-6-3/h7-9,11-14,17,19H,4-6,10,15-16,18H2,1-3H3,(H2,25,26)/b21-17+. The van der Waals surface area contributed by atoms with Crippen LogP contribution in [0.25, 0.3) is 0 Å². The van der Waals surface area contributed by atoms with Crippen molar-refractivity contribution >= 4 is 17.6 Å². The molecule has 0 aliphatic heterocycles. The number of hydrogen-bond donors (Lipinski definition) is 1. The van der Waals surface area contributed by atoms with Crippen LogP contribution in [0, 0.1) is 5.92 Å². The molecule has 1 aliphatic carbocycles. The van der Waals surface area contributed by atoms with Crippen LogP contribution < -0.4 is 5.73 Å². The zero-order valence-electron chi connectivity index (χ0n) is 17.5. The van der Waals surface area contributed by atoms with Gasteiger partial charge in [-0.25, -0.2) is 0 Å². The molecule has 28 heavy (non-hydrogen) atoms. The van der Waals surface area contributed by atoms with Gasteiger partial charge in [0.1, 0.15) is 11.6 Å². The minimum Gasteiger partial charge on any atom is -0.493 e. The molecule has 0 bridgehead atoms. The summed E-state index contributed by atoms with van der Waals surface area (Å²) in [5.74, 6) is 2.83. The van der Waals surface area contributed by atoms with Gasteiger partial charge in [-0.2, -0.15) is 0 Å². The van der Waals surface area contributed by atoms with E-state index in [1.165, 1.54) is 16.0 Å². The summed E-state index contributed by atoms with van der Waals surface area (Å²) in [6.07, 6.45) is 11.7. The Hall–Kier alpha value is -1.94. The van der Waals surface area contributed by atoms with E-state index in [0.29, 0.717) is 24.2 Å². The van der Waals surface area contributed by atoms with Crippen LogP contribution in [0.15, 0.2) is 69.8 Å². The van der Waals surface area contributed by atoms with Crippen LogP contribution in [0.3, 0.4) is 0 Å². The Balaban J connectivity index is 2.00. The zero-order valence-corrected chi connectivity index (χ0v) is 18.3. The molecule has 1 unspecified atom stereocenters. The van der Waals surface area contributed by atoms with E-state index in [9.17, 15) is 0 Å². The molecule has 1 atom stereocenters. The second-order valence-corrected chi connectivity index (χ2v) is 8.06. The Bertz CT molecular complexity index is 719. The number of rotatable bonds is 11. The molecule has 0 spiro atoms. The van der Waals surface area contributed by atoms with Crippen LogP contribution in [0.2, 0.25) is 0 Å². The Morgan fingerprint density at radius 3 is 2.71 bits per heavy atom. The first-order valence-corrected chi connectivity index (χ1v) is 11.3. The summed E-state index contributed by atoms with van der Waals surface area (Å²) in [6, 6.07) is 10.5.